The fraction of sp³-hybridized carbons (Fsp3) is 0.172. The smallest absolute Gasteiger partial charge is 0.157 e. The van der Waals surface area contributed by atoms with Crippen molar-refractivity contribution >= 4 is 14.6 Å². The fourth-order valence-electron chi connectivity index (χ4n) is 5.11. The molecule has 0 bridgehead atoms. The van der Waals surface area contributed by atoms with Gasteiger partial charge in [-0.05, 0) is 24.3 Å². The summed E-state index contributed by atoms with van der Waals surface area (Å²) in [4.78, 5) is 0. The van der Waals surface area contributed by atoms with E-state index in [0.717, 1.165) is 0 Å². The van der Waals surface area contributed by atoms with Gasteiger partial charge < -0.3 is 11.5 Å². The van der Waals surface area contributed by atoms with E-state index in [1.54, 1.807) is 72.8 Å². The molecule has 0 saturated carbocycles. The van der Waals surface area contributed by atoms with E-state index in [1.165, 1.54) is 24.3 Å². The van der Waals surface area contributed by atoms with Crippen molar-refractivity contribution in [3.63, 3.8) is 0 Å². The van der Waals surface area contributed by atoms with Crippen LogP contribution in [-0.2, 0) is 10.9 Å². The van der Waals surface area contributed by atoms with Crippen LogP contribution in [0, 0.1) is 23.3 Å². The summed E-state index contributed by atoms with van der Waals surface area (Å²) in [5, 5.41) is 0. The highest BCUT2D eigenvalue weighted by Crippen LogP contribution is 2.33. The summed E-state index contributed by atoms with van der Waals surface area (Å²) < 4.78 is 59.2. The number of nitrogens with two attached hydrogens (primary N) is 2. The fourth-order valence-corrected chi connectivity index (χ4v) is 5.11. The van der Waals surface area contributed by atoms with Crippen LogP contribution in [0.1, 0.15) is 28.7 Å². The van der Waals surface area contributed by atoms with Gasteiger partial charge in [-0.2, -0.15) is 0 Å². The molecule has 0 aliphatic carbocycles. The molecule has 0 aliphatic heterocycles. The minimum absolute atomic E-state index is 0.214. The Balaban J connectivity index is 1.55. The molecule has 0 heterocycles. The average Bonchev–Trinajstić information content (AvgIpc) is 2.89. The first-order chi connectivity index (χ1) is 17.8. The predicted molar refractivity (Wildman–Crippen MR) is 144 cm³/mol. The first-order valence-electron chi connectivity index (χ1n) is 12.3. The molecule has 2 nitrogen and oxygen atoms in total. The van der Waals surface area contributed by atoms with E-state index in [2.05, 4.69) is 0 Å². The number of hydrogen-bond acceptors (Lipinski definition) is 2. The zero-order valence-corrected chi connectivity index (χ0v) is 20.4. The molecule has 0 atom stereocenters. The van der Waals surface area contributed by atoms with Crippen molar-refractivity contribution < 1.29 is 17.6 Å². The van der Waals surface area contributed by atoms with Crippen molar-refractivity contribution in [3.8, 4) is 0 Å². The molecule has 4 rings (SSSR count). The van der Waals surface area contributed by atoms with Crippen LogP contribution in [0.5, 0.6) is 0 Å². The molecule has 0 fully saturated rings. The van der Waals surface area contributed by atoms with E-state index in [0.29, 0.717) is 19.1 Å². The highest BCUT2D eigenvalue weighted by molar-refractivity contribution is 6.43. The summed E-state index contributed by atoms with van der Waals surface area (Å²) in [7, 11) is 0.539. The van der Waals surface area contributed by atoms with Crippen LogP contribution in [0.4, 0.5) is 17.6 Å². The summed E-state index contributed by atoms with van der Waals surface area (Å²) in [6.45, 7) is 0. The Labute approximate surface area is 216 Å². The summed E-state index contributed by atoms with van der Waals surface area (Å²) in [6.07, 6.45) is 1.62. The summed E-state index contributed by atoms with van der Waals surface area (Å²) in [5.41, 5.74) is 11.5. The Morgan fingerprint density at radius 1 is 0.459 bits per heavy atom. The second-order valence-corrected chi connectivity index (χ2v) is 9.42. The molecule has 0 aliphatic rings. The molecule has 8 heteroatoms. The van der Waals surface area contributed by atoms with E-state index < -0.39 is 34.1 Å². The average molecular weight is 502 g/mol. The van der Waals surface area contributed by atoms with Crippen molar-refractivity contribution in [1.82, 2.24) is 0 Å². The molecule has 37 heavy (non-hydrogen) atoms. The van der Waals surface area contributed by atoms with Gasteiger partial charge in [-0.25, -0.2) is 17.6 Å². The normalized spacial score (nSPS) is 11.8. The molecule has 0 saturated heterocycles. The van der Waals surface area contributed by atoms with Crippen molar-refractivity contribution in [2.45, 2.75) is 29.9 Å². The van der Waals surface area contributed by atoms with Gasteiger partial charge in [-0.15, -0.1) is 0 Å². The molecule has 188 valence electrons. The second kappa shape index (κ2) is 11.4. The Hall–Kier alpha value is -3.35. The highest BCUT2D eigenvalue weighted by Gasteiger charge is 2.36. The van der Waals surface area contributed by atoms with Crippen LogP contribution < -0.4 is 11.5 Å². The maximum Gasteiger partial charge on any atom is 0.157 e. The first kappa shape index (κ1) is 26.7. The van der Waals surface area contributed by atoms with E-state index in [4.69, 9.17) is 11.5 Å². The predicted octanol–water partition coefficient (Wildman–Crippen LogP) is 5.36. The molecule has 0 spiro atoms. The lowest BCUT2D eigenvalue weighted by atomic mass is 9.47. The standard InChI is InChI=1S/C29H28B2F4N2/c32-24-14-5-1-10-20(24)28(36,21-11-2-6-15-25(21)33)30-18-9-19-31-29(37,22-12-3-7-16-26(22)34)23-13-4-8-17-27(23)35/h1-8,10-17,30-31H,9,18-19,36-37H2. The SMILES string of the molecule is NC(BCCCBC(N)(c1ccccc1F)c1ccccc1F)(c1ccccc1F)c1ccccc1F. The van der Waals surface area contributed by atoms with Crippen LogP contribution in [-0.4, -0.2) is 14.6 Å². The van der Waals surface area contributed by atoms with E-state index >= 15 is 0 Å². The Morgan fingerprint density at radius 2 is 0.703 bits per heavy atom. The van der Waals surface area contributed by atoms with Crippen LogP contribution in [0.15, 0.2) is 97.1 Å². The maximum absolute atomic E-state index is 14.8. The van der Waals surface area contributed by atoms with Crippen LogP contribution in [0.2, 0.25) is 12.6 Å². The van der Waals surface area contributed by atoms with Gasteiger partial charge in [0.1, 0.15) is 23.3 Å². The summed E-state index contributed by atoms with van der Waals surface area (Å²) >= 11 is 0. The monoisotopic (exact) mass is 502 g/mol. The third-order valence-electron chi connectivity index (χ3n) is 7.06. The third kappa shape index (κ3) is 5.50. The molecule has 0 aromatic heterocycles. The zero-order valence-electron chi connectivity index (χ0n) is 20.4. The zero-order chi connectivity index (χ0) is 26.5. The first-order valence-corrected chi connectivity index (χ1v) is 12.3. The van der Waals surface area contributed by atoms with Gasteiger partial charge in [0.05, 0.1) is 0 Å². The van der Waals surface area contributed by atoms with Crippen LogP contribution in [0.3, 0.4) is 0 Å². The Bertz CT molecular complexity index is 1170. The summed E-state index contributed by atoms with van der Waals surface area (Å²) in [6, 6.07) is 24.5. The van der Waals surface area contributed by atoms with Gasteiger partial charge >= 0.3 is 0 Å². The molecule has 4 aromatic rings. The summed E-state index contributed by atoms with van der Waals surface area (Å²) in [5.74, 6) is -2.02. The lowest BCUT2D eigenvalue weighted by Gasteiger charge is -2.32. The van der Waals surface area contributed by atoms with Crippen LogP contribution >= 0.6 is 0 Å². The largest absolute Gasteiger partial charge is 0.324 e. The number of rotatable bonds is 10. The maximum atomic E-state index is 14.8. The molecular formula is C29H28B2F4N2. The lowest BCUT2D eigenvalue weighted by Crippen LogP contribution is -2.46. The number of halogens is 4. The minimum Gasteiger partial charge on any atom is -0.324 e. The van der Waals surface area contributed by atoms with Gasteiger partial charge in [-0.3, -0.25) is 0 Å². The van der Waals surface area contributed by atoms with Crippen molar-refractivity contribution in [1.29, 1.82) is 0 Å². The van der Waals surface area contributed by atoms with Gasteiger partial charge in [-0.1, -0.05) is 91.9 Å². The molecule has 4 N–H and O–H groups in total. The van der Waals surface area contributed by atoms with Gasteiger partial charge in [0.15, 0.2) is 14.6 Å². The molecule has 0 unspecified atom stereocenters. The Morgan fingerprint density at radius 3 is 0.946 bits per heavy atom. The quantitative estimate of drug-likeness (QED) is 0.174. The minimum atomic E-state index is -1.38. The molecular weight excluding hydrogens is 474 g/mol. The molecule has 0 amide bonds. The number of benzene rings is 4. The van der Waals surface area contributed by atoms with Crippen molar-refractivity contribution in [3.05, 3.63) is 143 Å². The second-order valence-electron chi connectivity index (χ2n) is 9.42. The van der Waals surface area contributed by atoms with Gasteiger partial charge in [0.2, 0.25) is 0 Å². The molecule has 4 aromatic carbocycles. The van der Waals surface area contributed by atoms with Crippen LogP contribution in [0.25, 0.3) is 0 Å². The lowest BCUT2D eigenvalue weighted by molar-refractivity contribution is 0.552. The van der Waals surface area contributed by atoms with E-state index in [-0.39, 0.29) is 36.8 Å². The molecule has 0 radical (unpaired) electrons. The number of hydrogen-bond donors (Lipinski definition) is 2. The van der Waals surface area contributed by atoms with E-state index in [1.807, 2.05) is 0 Å². The van der Waals surface area contributed by atoms with Gasteiger partial charge in [0, 0.05) is 33.1 Å². The highest BCUT2D eigenvalue weighted by atomic mass is 19.1. The van der Waals surface area contributed by atoms with E-state index in [9.17, 15) is 17.6 Å². The van der Waals surface area contributed by atoms with Gasteiger partial charge in [0.25, 0.3) is 0 Å². The van der Waals surface area contributed by atoms with Crippen molar-refractivity contribution in [2.24, 2.45) is 11.5 Å². The Kier molecular flexibility index (Phi) is 8.20. The van der Waals surface area contributed by atoms with Crippen molar-refractivity contribution in [2.75, 3.05) is 0 Å². The topological polar surface area (TPSA) is 52.0 Å². The third-order valence-corrected chi connectivity index (χ3v) is 7.06.